The van der Waals surface area contributed by atoms with Crippen LogP contribution in [0.15, 0.2) is 46.1 Å². The number of nitrogens with zero attached hydrogens (tertiary/aromatic N) is 4. The maximum atomic E-state index is 13.0. The number of oxime groups is 1. The first-order valence-corrected chi connectivity index (χ1v) is 14.8. The number of anilines is 2. The van der Waals surface area contributed by atoms with Crippen molar-refractivity contribution in [1.82, 2.24) is 15.2 Å². The molecular weight excluding hydrogens is 556 g/mol. The first-order chi connectivity index (χ1) is 17.9. The van der Waals surface area contributed by atoms with Crippen LogP contribution in [0.2, 0.25) is 0 Å². The van der Waals surface area contributed by atoms with Crippen LogP contribution in [-0.4, -0.2) is 84.5 Å². The highest BCUT2D eigenvalue weighted by atomic mass is 32.2. The summed E-state index contributed by atoms with van der Waals surface area (Å²) in [5, 5.41) is 17.4. The lowest BCUT2D eigenvalue weighted by Gasteiger charge is -2.49. The average molecular weight is 581 g/mol. The second kappa shape index (κ2) is 10.6. The van der Waals surface area contributed by atoms with Gasteiger partial charge in [-0.3, -0.25) is 18.8 Å². The van der Waals surface area contributed by atoms with Crippen molar-refractivity contribution in [2.75, 3.05) is 36.2 Å². The van der Waals surface area contributed by atoms with E-state index in [2.05, 4.69) is 15.5 Å². The van der Waals surface area contributed by atoms with Crippen LogP contribution < -0.4 is 15.4 Å². The second-order valence-corrected chi connectivity index (χ2v) is 12.4. The van der Waals surface area contributed by atoms with Gasteiger partial charge in [-0.15, -0.1) is 23.1 Å². The number of amides is 2. The van der Waals surface area contributed by atoms with Crippen LogP contribution in [0, 0.1) is 0 Å². The molecule has 1 fully saturated rings. The SMILES string of the molecule is CON=C(C(=O)NC1C(=O)N2C(C(=O)O)=C(Cc3cccc(N(C)S(C)(=O)=O)c3)CSC12)c1csc(N)n1. The number of nitrogens with one attached hydrogen (secondary N) is 1. The Morgan fingerprint density at radius 1 is 1.39 bits per heavy atom. The summed E-state index contributed by atoms with van der Waals surface area (Å²) in [7, 11) is -0.789. The van der Waals surface area contributed by atoms with E-state index in [-0.39, 0.29) is 34.4 Å². The van der Waals surface area contributed by atoms with Crippen LogP contribution in [0.4, 0.5) is 10.8 Å². The monoisotopic (exact) mass is 580 g/mol. The third-order valence-electron chi connectivity index (χ3n) is 5.89. The van der Waals surface area contributed by atoms with Crippen molar-refractivity contribution in [3.8, 4) is 0 Å². The molecule has 202 valence electrons. The number of nitrogen functional groups attached to an aromatic ring is 1. The van der Waals surface area contributed by atoms with Crippen LogP contribution in [-0.2, 0) is 35.7 Å². The molecule has 2 aromatic rings. The molecule has 2 atom stereocenters. The minimum atomic E-state index is -3.48. The number of hydrogen-bond acceptors (Lipinski definition) is 11. The first-order valence-electron chi connectivity index (χ1n) is 11.0. The number of benzene rings is 1. The van der Waals surface area contributed by atoms with E-state index in [1.54, 1.807) is 24.3 Å². The molecule has 2 aliphatic rings. The minimum Gasteiger partial charge on any atom is -0.477 e. The predicted octanol–water partition coefficient (Wildman–Crippen LogP) is 0.453. The van der Waals surface area contributed by atoms with Gasteiger partial charge in [-0.25, -0.2) is 18.2 Å². The molecule has 4 N–H and O–H groups in total. The molecule has 2 amide bonds. The summed E-state index contributed by atoms with van der Waals surface area (Å²) in [4.78, 5) is 48.1. The Hall–Kier alpha value is -3.63. The van der Waals surface area contributed by atoms with Gasteiger partial charge in [-0.05, 0) is 29.7 Å². The molecule has 0 bridgehead atoms. The fraction of sp³-hybridized carbons (Fsp3) is 0.318. The Balaban J connectivity index is 1.54. The number of carboxylic acid groups (broad SMARTS) is 1. The van der Waals surface area contributed by atoms with Crippen molar-refractivity contribution in [2.45, 2.75) is 17.8 Å². The Kier molecular flexibility index (Phi) is 7.66. The number of sulfonamides is 1. The summed E-state index contributed by atoms with van der Waals surface area (Å²) in [6.45, 7) is 0. The zero-order chi connectivity index (χ0) is 27.8. The zero-order valence-corrected chi connectivity index (χ0v) is 22.9. The number of β-lactam (4-membered cyclic amide) rings is 1. The topological polar surface area (TPSA) is 185 Å². The van der Waals surface area contributed by atoms with Gasteiger partial charge in [0.15, 0.2) is 10.8 Å². The number of thioether (sulfide) groups is 1. The smallest absolute Gasteiger partial charge is 0.352 e. The highest BCUT2D eigenvalue weighted by Crippen LogP contribution is 2.41. The van der Waals surface area contributed by atoms with E-state index in [0.717, 1.165) is 26.8 Å². The second-order valence-electron chi connectivity index (χ2n) is 8.39. The van der Waals surface area contributed by atoms with E-state index >= 15 is 0 Å². The molecule has 2 aliphatic heterocycles. The maximum absolute atomic E-state index is 13.0. The molecule has 38 heavy (non-hydrogen) atoms. The molecule has 0 aliphatic carbocycles. The maximum Gasteiger partial charge on any atom is 0.352 e. The lowest BCUT2D eigenvalue weighted by Crippen LogP contribution is -2.71. The molecule has 0 spiro atoms. The number of nitrogens with two attached hydrogens (primary N) is 1. The van der Waals surface area contributed by atoms with Crippen LogP contribution in [0.3, 0.4) is 0 Å². The molecule has 0 radical (unpaired) electrons. The highest BCUT2D eigenvalue weighted by Gasteiger charge is 2.54. The van der Waals surface area contributed by atoms with Crippen molar-refractivity contribution < 1.29 is 32.7 Å². The number of carbonyl (C=O) groups is 3. The summed E-state index contributed by atoms with van der Waals surface area (Å²) >= 11 is 2.42. The van der Waals surface area contributed by atoms with E-state index in [1.807, 2.05) is 0 Å². The first kappa shape index (κ1) is 27.4. The van der Waals surface area contributed by atoms with E-state index in [4.69, 9.17) is 10.6 Å². The number of aromatic nitrogens is 1. The van der Waals surface area contributed by atoms with Gasteiger partial charge in [0.2, 0.25) is 10.0 Å². The van der Waals surface area contributed by atoms with Crippen molar-refractivity contribution in [2.24, 2.45) is 5.16 Å². The Bertz CT molecular complexity index is 1470. The van der Waals surface area contributed by atoms with Gasteiger partial charge >= 0.3 is 5.97 Å². The summed E-state index contributed by atoms with van der Waals surface area (Å²) in [6, 6.07) is 5.75. The van der Waals surface area contributed by atoms with Gasteiger partial charge in [0.25, 0.3) is 11.8 Å². The fourth-order valence-electron chi connectivity index (χ4n) is 4.02. The van der Waals surface area contributed by atoms with E-state index in [9.17, 15) is 27.9 Å². The van der Waals surface area contributed by atoms with Crippen LogP contribution in [0.25, 0.3) is 0 Å². The largest absolute Gasteiger partial charge is 0.477 e. The molecular formula is C22H24N6O7S3. The van der Waals surface area contributed by atoms with Crippen molar-refractivity contribution in [3.63, 3.8) is 0 Å². The van der Waals surface area contributed by atoms with Crippen LogP contribution in [0.5, 0.6) is 0 Å². The third-order valence-corrected chi connectivity index (χ3v) is 9.11. The van der Waals surface area contributed by atoms with E-state index in [0.29, 0.717) is 16.8 Å². The molecule has 0 saturated carbocycles. The number of carbonyl (C=O) groups excluding carboxylic acids is 2. The van der Waals surface area contributed by atoms with Crippen molar-refractivity contribution in [3.05, 3.63) is 52.2 Å². The summed E-state index contributed by atoms with van der Waals surface area (Å²) < 4.78 is 24.9. The molecule has 2 unspecified atom stereocenters. The Morgan fingerprint density at radius 2 is 2.13 bits per heavy atom. The number of hydrogen-bond donors (Lipinski definition) is 3. The summed E-state index contributed by atoms with van der Waals surface area (Å²) in [5.41, 5.74) is 7.13. The van der Waals surface area contributed by atoms with Crippen LogP contribution >= 0.6 is 23.1 Å². The normalized spacial score (nSPS) is 19.5. The van der Waals surface area contributed by atoms with E-state index in [1.165, 1.54) is 31.3 Å². The van der Waals surface area contributed by atoms with Crippen LogP contribution in [0.1, 0.15) is 11.3 Å². The molecule has 1 aromatic heterocycles. The Morgan fingerprint density at radius 3 is 2.74 bits per heavy atom. The lowest BCUT2D eigenvalue weighted by molar-refractivity contribution is -0.150. The lowest BCUT2D eigenvalue weighted by atomic mass is 9.98. The van der Waals surface area contributed by atoms with Gasteiger partial charge in [0, 0.05) is 18.2 Å². The molecule has 1 aromatic carbocycles. The summed E-state index contributed by atoms with van der Waals surface area (Å²) in [6.07, 6.45) is 1.28. The summed E-state index contributed by atoms with van der Waals surface area (Å²) in [5.74, 6) is -2.27. The predicted molar refractivity (Wildman–Crippen MR) is 143 cm³/mol. The number of carboxylic acids is 1. The quantitative estimate of drug-likeness (QED) is 0.214. The van der Waals surface area contributed by atoms with Gasteiger partial charge in [-0.2, -0.15) is 0 Å². The number of rotatable bonds is 9. The molecule has 13 nitrogen and oxygen atoms in total. The fourth-order valence-corrected chi connectivity index (χ4v) is 6.41. The van der Waals surface area contributed by atoms with Gasteiger partial charge in [0.1, 0.15) is 29.9 Å². The molecule has 1 saturated heterocycles. The molecule has 16 heteroatoms. The number of fused-ring (bicyclic) bond motifs is 1. The average Bonchev–Trinajstić information content (AvgIpc) is 3.30. The number of aliphatic carboxylic acids is 1. The van der Waals surface area contributed by atoms with Gasteiger partial charge in [0.05, 0.1) is 11.9 Å². The Labute approximate surface area is 226 Å². The minimum absolute atomic E-state index is 0.149. The van der Waals surface area contributed by atoms with Crippen molar-refractivity contribution in [1.29, 1.82) is 0 Å². The highest BCUT2D eigenvalue weighted by molar-refractivity contribution is 8.00. The zero-order valence-electron chi connectivity index (χ0n) is 20.4. The molecule has 4 rings (SSSR count). The number of thiazole rings is 1. The van der Waals surface area contributed by atoms with Gasteiger partial charge in [-0.1, -0.05) is 17.3 Å². The molecule has 3 heterocycles. The van der Waals surface area contributed by atoms with Crippen molar-refractivity contribution >= 4 is 67.4 Å². The third kappa shape index (κ3) is 5.32. The standard InChI is InChI=1S/C22H24N6O7S3/c1-27(38(3,33)34)13-6-4-5-11(8-13)7-12-9-36-20-16(19(30)28(20)17(12)21(31)32)25-18(29)15(26-35-2)14-10-37-22(23)24-14/h4-6,8,10,16,20H,7,9H2,1-3H3,(H2,23,24)(H,25,29)(H,31,32). The van der Waals surface area contributed by atoms with Gasteiger partial charge < -0.3 is 21.0 Å². The van der Waals surface area contributed by atoms with E-state index < -0.39 is 39.2 Å².